The monoisotopic (exact) mass is 193 g/mol. The molecule has 1 unspecified atom stereocenters. The van der Waals surface area contributed by atoms with Gasteiger partial charge in [0.05, 0.1) is 0 Å². The summed E-state index contributed by atoms with van der Waals surface area (Å²) in [4.78, 5) is 11.8. The average Bonchev–Trinajstić information content (AvgIpc) is 2.90. The van der Waals surface area contributed by atoms with Crippen molar-refractivity contribution in [2.24, 2.45) is 11.3 Å². The van der Waals surface area contributed by atoms with Gasteiger partial charge in [-0.25, -0.2) is 0 Å². The van der Waals surface area contributed by atoms with Crippen LogP contribution >= 0.6 is 0 Å². The van der Waals surface area contributed by atoms with Gasteiger partial charge in [0, 0.05) is 12.3 Å². The molecule has 78 valence electrons. The smallest absolute Gasteiger partial charge is 0.136 e. The number of Topliss-reactive ketones (excluding diaryl/α,β-unsaturated/α-hetero) is 1. The highest BCUT2D eigenvalue weighted by atomic mass is 16.1. The van der Waals surface area contributed by atoms with Gasteiger partial charge in [0.2, 0.25) is 0 Å². The van der Waals surface area contributed by atoms with Gasteiger partial charge < -0.3 is 5.32 Å². The van der Waals surface area contributed by atoms with Crippen molar-refractivity contribution in [3.05, 3.63) is 12.7 Å². The Balaban J connectivity index is 1.84. The van der Waals surface area contributed by atoms with Crippen LogP contribution in [-0.2, 0) is 4.79 Å². The molecular weight excluding hydrogens is 174 g/mol. The first kappa shape index (κ1) is 9.91. The van der Waals surface area contributed by atoms with Crippen LogP contribution in [0, 0.1) is 11.3 Å². The third-order valence-corrected chi connectivity index (χ3v) is 3.77. The Labute approximate surface area is 85.8 Å². The Morgan fingerprint density at radius 2 is 2.21 bits per heavy atom. The molecule has 1 N–H and O–H groups in total. The molecule has 1 saturated heterocycles. The molecule has 2 heteroatoms. The highest BCUT2D eigenvalue weighted by Gasteiger charge is 2.56. The minimum Gasteiger partial charge on any atom is -0.317 e. The molecule has 1 aliphatic heterocycles. The summed E-state index contributed by atoms with van der Waals surface area (Å²) in [5.74, 6) is 0.872. The number of ketones is 1. The van der Waals surface area contributed by atoms with Crippen molar-refractivity contribution >= 4 is 5.78 Å². The van der Waals surface area contributed by atoms with Crippen molar-refractivity contribution in [2.45, 2.75) is 32.1 Å². The second-order valence-corrected chi connectivity index (χ2v) is 4.66. The molecule has 0 aromatic heterocycles. The van der Waals surface area contributed by atoms with Gasteiger partial charge in [0.15, 0.2) is 0 Å². The molecular formula is C12H19NO. The maximum absolute atomic E-state index is 11.8. The van der Waals surface area contributed by atoms with Gasteiger partial charge in [-0.05, 0) is 44.2 Å². The Kier molecular flexibility index (Phi) is 2.73. The number of hydrogen-bond acceptors (Lipinski definition) is 2. The van der Waals surface area contributed by atoms with Crippen LogP contribution in [0.4, 0.5) is 0 Å². The predicted octanol–water partition coefficient (Wildman–Crippen LogP) is 1.91. The van der Waals surface area contributed by atoms with Crippen LogP contribution in [0.5, 0.6) is 0 Å². The van der Waals surface area contributed by atoms with E-state index in [1.165, 1.54) is 12.8 Å². The highest BCUT2D eigenvalue weighted by Crippen LogP contribution is 2.59. The molecule has 2 fully saturated rings. The lowest BCUT2D eigenvalue weighted by atomic mass is 9.90. The van der Waals surface area contributed by atoms with Crippen molar-refractivity contribution < 1.29 is 4.79 Å². The van der Waals surface area contributed by atoms with Gasteiger partial charge in [-0.1, -0.05) is 6.08 Å². The summed E-state index contributed by atoms with van der Waals surface area (Å²) in [5, 5.41) is 3.36. The summed E-state index contributed by atoms with van der Waals surface area (Å²) in [6.07, 6.45) is 6.97. The van der Waals surface area contributed by atoms with Crippen molar-refractivity contribution in [3.63, 3.8) is 0 Å². The Morgan fingerprint density at radius 3 is 2.86 bits per heavy atom. The molecule has 0 amide bonds. The highest BCUT2D eigenvalue weighted by molar-refractivity contribution is 5.84. The van der Waals surface area contributed by atoms with Crippen LogP contribution in [0.2, 0.25) is 0 Å². The molecule has 1 atom stereocenters. The summed E-state index contributed by atoms with van der Waals surface area (Å²) in [6, 6.07) is 0. The lowest BCUT2D eigenvalue weighted by Gasteiger charge is -2.23. The molecule has 2 nitrogen and oxygen atoms in total. The van der Waals surface area contributed by atoms with Crippen LogP contribution in [0.3, 0.4) is 0 Å². The van der Waals surface area contributed by atoms with E-state index in [1.54, 1.807) is 0 Å². The zero-order valence-electron chi connectivity index (χ0n) is 8.72. The first-order chi connectivity index (χ1) is 6.78. The summed E-state index contributed by atoms with van der Waals surface area (Å²) in [5.41, 5.74) is 0.420. The third-order valence-electron chi connectivity index (χ3n) is 3.77. The molecule has 1 aliphatic carbocycles. The standard InChI is InChI=1S/C12H19NO/c1-2-3-4-11(14)10-9-12(10)5-7-13-8-6-12/h2,10,13H,1,3-9H2. The number of allylic oxidation sites excluding steroid dienone is 1. The predicted molar refractivity (Wildman–Crippen MR) is 57.1 cm³/mol. The molecule has 0 radical (unpaired) electrons. The van der Waals surface area contributed by atoms with E-state index < -0.39 is 0 Å². The SMILES string of the molecule is C=CCCC(=O)C1CC12CCNCC2. The fraction of sp³-hybridized carbons (Fsp3) is 0.750. The van der Waals surface area contributed by atoms with Crippen LogP contribution in [0.15, 0.2) is 12.7 Å². The van der Waals surface area contributed by atoms with Crippen molar-refractivity contribution in [2.75, 3.05) is 13.1 Å². The first-order valence-corrected chi connectivity index (χ1v) is 5.63. The molecule has 14 heavy (non-hydrogen) atoms. The van der Waals surface area contributed by atoms with Crippen molar-refractivity contribution in [1.82, 2.24) is 5.32 Å². The van der Waals surface area contributed by atoms with Crippen LogP contribution < -0.4 is 5.32 Å². The summed E-state index contributed by atoms with van der Waals surface area (Å²) in [7, 11) is 0. The van der Waals surface area contributed by atoms with Crippen LogP contribution in [-0.4, -0.2) is 18.9 Å². The van der Waals surface area contributed by atoms with E-state index in [9.17, 15) is 4.79 Å². The van der Waals surface area contributed by atoms with Gasteiger partial charge in [0.25, 0.3) is 0 Å². The molecule has 0 bridgehead atoms. The largest absolute Gasteiger partial charge is 0.317 e. The Morgan fingerprint density at radius 1 is 1.50 bits per heavy atom. The van der Waals surface area contributed by atoms with E-state index in [4.69, 9.17) is 0 Å². The fourth-order valence-electron chi connectivity index (χ4n) is 2.70. The zero-order chi connectivity index (χ0) is 10.0. The normalized spacial score (nSPS) is 28.7. The minimum atomic E-state index is 0.393. The average molecular weight is 193 g/mol. The molecule has 0 aromatic carbocycles. The summed E-state index contributed by atoms with van der Waals surface area (Å²) < 4.78 is 0. The van der Waals surface area contributed by atoms with Gasteiger partial charge in [0.1, 0.15) is 5.78 Å². The van der Waals surface area contributed by atoms with E-state index in [1.807, 2.05) is 6.08 Å². The maximum Gasteiger partial charge on any atom is 0.136 e. The number of hydrogen-bond donors (Lipinski definition) is 1. The second-order valence-electron chi connectivity index (χ2n) is 4.66. The molecule has 2 rings (SSSR count). The van der Waals surface area contributed by atoms with E-state index in [-0.39, 0.29) is 0 Å². The van der Waals surface area contributed by atoms with Gasteiger partial charge in [-0.3, -0.25) is 4.79 Å². The Bertz CT molecular complexity index is 241. The van der Waals surface area contributed by atoms with Gasteiger partial charge >= 0.3 is 0 Å². The summed E-state index contributed by atoms with van der Waals surface area (Å²) in [6.45, 7) is 5.86. The van der Waals surface area contributed by atoms with E-state index >= 15 is 0 Å². The van der Waals surface area contributed by atoms with Crippen LogP contribution in [0.25, 0.3) is 0 Å². The second kappa shape index (κ2) is 3.85. The number of rotatable bonds is 4. The number of carbonyl (C=O) groups is 1. The van der Waals surface area contributed by atoms with E-state index in [2.05, 4.69) is 11.9 Å². The molecule has 0 aromatic rings. The molecule has 2 aliphatic rings. The maximum atomic E-state index is 11.8. The van der Waals surface area contributed by atoms with E-state index in [0.717, 1.165) is 25.9 Å². The lowest BCUT2D eigenvalue weighted by molar-refractivity contribution is -0.121. The van der Waals surface area contributed by atoms with Crippen LogP contribution in [0.1, 0.15) is 32.1 Å². The number of piperidine rings is 1. The van der Waals surface area contributed by atoms with E-state index in [0.29, 0.717) is 23.5 Å². The summed E-state index contributed by atoms with van der Waals surface area (Å²) >= 11 is 0. The number of carbonyl (C=O) groups excluding carboxylic acids is 1. The topological polar surface area (TPSA) is 29.1 Å². The Hall–Kier alpha value is -0.630. The molecule has 1 heterocycles. The number of nitrogens with one attached hydrogen (secondary N) is 1. The molecule has 1 saturated carbocycles. The lowest BCUT2D eigenvalue weighted by Crippen LogP contribution is -2.30. The van der Waals surface area contributed by atoms with Gasteiger partial charge in [-0.15, -0.1) is 6.58 Å². The molecule has 1 spiro atoms. The first-order valence-electron chi connectivity index (χ1n) is 5.63. The minimum absolute atomic E-state index is 0.393. The third kappa shape index (κ3) is 1.76. The van der Waals surface area contributed by atoms with Crippen molar-refractivity contribution in [3.8, 4) is 0 Å². The van der Waals surface area contributed by atoms with Gasteiger partial charge in [-0.2, -0.15) is 0 Å². The zero-order valence-corrected chi connectivity index (χ0v) is 8.72. The fourth-order valence-corrected chi connectivity index (χ4v) is 2.70. The van der Waals surface area contributed by atoms with Crippen molar-refractivity contribution in [1.29, 1.82) is 0 Å². The quantitative estimate of drug-likeness (QED) is 0.691.